The summed E-state index contributed by atoms with van der Waals surface area (Å²) in [6.45, 7) is 7.30. The van der Waals surface area contributed by atoms with Gasteiger partial charge in [0.25, 0.3) is 0 Å². The predicted molar refractivity (Wildman–Crippen MR) is 78.0 cm³/mol. The Kier molecular flexibility index (Phi) is 5.05. The number of hydrogen-bond donors (Lipinski definition) is 1. The molecule has 0 saturated carbocycles. The van der Waals surface area contributed by atoms with Gasteiger partial charge in [0.2, 0.25) is 0 Å². The number of likely N-dealkylation sites (tertiary alicyclic amines) is 1. The van der Waals surface area contributed by atoms with Crippen LogP contribution in [0.5, 0.6) is 0 Å². The van der Waals surface area contributed by atoms with Gasteiger partial charge in [-0.05, 0) is 59.3 Å². The van der Waals surface area contributed by atoms with Crippen molar-refractivity contribution < 1.29 is 0 Å². The Labute approximate surface area is 113 Å². The van der Waals surface area contributed by atoms with Gasteiger partial charge in [0.1, 0.15) is 0 Å². The van der Waals surface area contributed by atoms with Crippen molar-refractivity contribution in [2.24, 2.45) is 0 Å². The third-order valence-corrected chi connectivity index (χ3v) is 4.84. The molecule has 0 spiro atoms. The van der Waals surface area contributed by atoms with Gasteiger partial charge >= 0.3 is 0 Å². The van der Waals surface area contributed by atoms with Gasteiger partial charge in [-0.1, -0.05) is 13.3 Å². The summed E-state index contributed by atoms with van der Waals surface area (Å²) in [5.74, 6) is 0. The average molecular weight is 253 g/mol. The normalized spacial score (nSPS) is 34.3. The van der Waals surface area contributed by atoms with Gasteiger partial charge < -0.3 is 15.1 Å². The first-order valence-electron chi connectivity index (χ1n) is 7.79. The average Bonchev–Trinajstić information content (AvgIpc) is 2.78. The van der Waals surface area contributed by atoms with Crippen LogP contribution in [0.1, 0.15) is 45.4 Å². The van der Waals surface area contributed by atoms with Crippen LogP contribution in [0.3, 0.4) is 0 Å². The molecule has 2 fully saturated rings. The quantitative estimate of drug-likeness (QED) is 0.808. The molecule has 0 amide bonds. The lowest BCUT2D eigenvalue weighted by atomic mass is 9.90. The lowest BCUT2D eigenvalue weighted by Crippen LogP contribution is -2.54. The minimum absolute atomic E-state index is 0.416. The fourth-order valence-electron chi connectivity index (χ4n) is 3.88. The predicted octanol–water partition coefficient (Wildman–Crippen LogP) is 1.93. The van der Waals surface area contributed by atoms with Crippen LogP contribution < -0.4 is 5.32 Å². The summed E-state index contributed by atoms with van der Waals surface area (Å²) in [5.41, 5.74) is 0.416. The van der Waals surface area contributed by atoms with Gasteiger partial charge in [-0.3, -0.25) is 0 Å². The molecule has 1 N–H and O–H groups in total. The van der Waals surface area contributed by atoms with Crippen molar-refractivity contribution in [3.8, 4) is 0 Å². The van der Waals surface area contributed by atoms with Gasteiger partial charge in [-0.15, -0.1) is 0 Å². The summed E-state index contributed by atoms with van der Waals surface area (Å²) < 4.78 is 0. The van der Waals surface area contributed by atoms with E-state index in [0.29, 0.717) is 5.54 Å². The number of piperidine rings is 1. The highest BCUT2D eigenvalue weighted by Crippen LogP contribution is 2.27. The Morgan fingerprint density at radius 3 is 2.83 bits per heavy atom. The van der Waals surface area contributed by atoms with E-state index < -0.39 is 0 Å². The number of likely N-dealkylation sites (N-methyl/N-ethyl adjacent to an activating group) is 2. The summed E-state index contributed by atoms with van der Waals surface area (Å²) in [7, 11) is 4.59. The number of nitrogens with zero attached hydrogens (tertiary/aromatic N) is 2. The Morgan fingerprint density at radius 2 is 2.22 bits per heavy atom. The largest absolute Gasteiger partial charge is 0.310 e. The third kappa shape index (κ3) is 3.46. The van der Waals surface area contributed by atoms with Crippen molar-refractivity contribution in [3.05, 3.63) is 0 Å². The van der Waals surface area contributed by atoms with E-state index in [2.05, 4.69) is 36.1 Å². The minimum Gasteiger partial charge on any atom is -0.310 e. The van der Waals surface area contributed by atoms with E-state index in [0.717, 1.165) is 6.04 Å². The standard InChI is InChI=1S/C15H31N3/c1-4-8-15(9-6-10-16-15)13-18(3)14-7-5-11-17(2)12-14/h14,16H,4-13H2,1-3H3. The molecule has 0 bridgehead atoms. The Bertz CT molecular complexity index is 248. The number of rotatable bonds is 5. The SMILES string of the molecule is CCCC1(CN(C)C2CCCN(C)C2)CCCN1. The summed E-state index contributed by atoms with van der Waals surface area (Å²) in [5, 5.41) is 3.80. The van der Waals surface area contributed by atoms with Crippen LogP contribution in [0, 0.1) is 0 Å². The van der Waals surface area contributed by atoms with Gasteiger partial charge in [-0.2, -0.15) is 0 Å². The Hall–Kier alpha value is -0.120. The van der Waals surface area contributed by atoms with Crippen molar-refractivity contribution >= 4 is 0 Å². The molecule has 2 atom stereocenters. The van der Waals surface area contributed by atoms with Gasteiger partial charge in [0.05, 0.1) is 0 Å². The van der Waals surface area contributed by atoms with Crippen LogP contribution in [0.2, 0.25) is 0 Å². The highest BCUT2D eigenvalue weighted by molar-refractivity contribution is 4.96. The maximum Gasteiger partial charge on any atom is 0.0309 e. The van der Waals surface area contributed by atoms with Crippen molar-refractivity contribution in [1.29, 1.82) is 0 Å². The first-order chi connectivity index (χ1) is 8.65. The van der Waals surface area contributed by atoms with E-state index >= 15 is 0 Å². The van der Waals surface area contributed by atoms with E-state index in [9.17, 15) is 0 Å². The van der Waals surface area contributed by atoms with E-state index in [1.165, 1.54) is 64.7 Å². The molecule has 0 aromatic carbocycles. The molecule has 2 aliphatic rings. The molecule has 106 valence electrons. The first-order valence-corrected chi connectivity index (χ1v) is 7.79. The Morgan fingerprint density at radius 1 is 1.39 bits per heavy atom. The molecular formula is C15H31N3. The van der Waals surface area contributed by atoms with Gasteiger partial charge in [0.15, 0.2) is 0 Å². The Balaban J connectivity index is 1.89. The van der Waals surface area contributed by atoms with E-state index in [-0.39, 0.29) is 0 Å². The summed E-state index contributed by atoms with van der Waals surface area (Å²) in [4.78, 5) is 5.11. The fraction of sp³-hybridized carbons (Fsp3) is 1.00. The van der Waals surface area contributed by atoms with E-state index in [1.807, 2.05) is 0 Å². The van der Waals surface area contributed by atoms with Crippen LogP contribution >= 0.6 is 0 Å². The zero-order valence-corrected chi connectivity index (χ0v) is 12.5. The monoisotopic (exact) mass is 253 g/mol. The fourth-order valence-corrected chi connectivity index (χ4v) is 3.88. The summed E-state index contributed by atoms with van der Waals surface area (Å²) in [6, 6.07) is 0.764. The molecule has 2 heterocycles. The molecule has 0 aromatic rings. The van der Waals surface area contributed by atoms with Crippen LogP contribution in [0.4, 0.5) is 0 Å². The van der Waals surface area contributed by atoms with E-state index in [1.54, 1.807) is 0 Å². The highest BCUT2D eigenvalue weighted by Gasteiger charge is 2.35. The second kappa shape index (κ2) is 6.36. The highest BCUT2D eigenvalue weighted by atomic mass is 15.2. The van der Waals surface area contributed by atoms with Gasteiger partial charge in [-0.25, -0.2) is 0 Å². The third-order valence-electron chi connectivity index (χ3n) is 4.84. The lowest BCUT2D eigenvalue weighted by molar-refractivity contribution is 0.104. The zero-order valence-electron chi connectivity index (χ0n) is 12.5. The molecule has 2 rings (SSSR count). The molecular weight excluding hydrogens is 222 g/mol. The van der Waals surface area contributed by atoms with Crippen molar-refractivity contribution in [2.75, 3.05) is 40.3 Å². The summed E-state index contributed by atoms with van der Waals surface area (Å²) >= 11 is 0. The second-order valence-corrected chi connectivity index (χ2v) is 6.53. The maximum atomic E-state index is 3.80. The smallest absolute Gasteiger partial charge is 0.0309 e. The van der Waals surface area contributed by atoms with Crippen molar-refractivity contribution in [2.45, 2.75) is 57.0 Å². The summed E-state index contributed by atoms with van der Waals surface area (Å²) in [6.07, 6.45) is 8.10. The van der Waals surface area contributed by atoms with Gasteiger partial charge in [0, 0.05) is 24.7 Å². The van der Waals surface area contributed by atoms with E-state index in [4.69, 9.17) is 0 Å². The molecule has 0 radical (unpaired) electrons. The number of hydrogen-bond acceptors (Lipinski definition) is 3. The number of nitrogens with one attached hydrogen (secondary N) is 1. The molecule has 2 unspecified atom stereocenters. The zero-order chi connectivity index (χ0) is 13.0. The lowest BCUT2D eigenvalue weighted by Gasteiger charge is -2.41. The molecule has 0 aliphatic carbocycles. The molecule has 18 heavy (non-hydrogen) atoms. The maximum absolute atomic E-state index is 3.80. The molecule has 0 aromatic heterocycles. The molecule has 3 heteroatoms. The van der Waals surface area contributed by atoms with Crippen molar-refractivity contribution in [3.63, 3.8) is 0 Å². The van der Waals surface area contributed by atoms with Crippen molar-refractivity contribution in [1.82, 2.24) is 15.1 Å². The van der Waals surface area contributed by atoms with Crippen LogP contribution in [-0.2, 0) is 0 Å². The second-order valence-electron chi connectivity index (χ2n) is 6.53. The minimum atomic E-state index is 0.416. The van der Waals surface area contributed by atoms with Crippen LogP contribution in [0.25, 0.3) is 0 Å². The molecule has 2 aliphatic heterocycles. The van der Waals surface area contributed by atoms with Crippen LogP contribution in [0.15, 0.2) is 0 Å². The van der Waals surface area contributed by atoms with Crippen LogP contribution in [-0.4, -0.2) is 61.7 Å². The topological polar surface area (TPSA) is 18.5 Å². The molecule has 2 saturated heterocycles. The first kappa shape index (κ1) is 14.3. The molecule has 3 nitrogen and oxygen atoms in total.